The number of amides is 3. The van der Waals surface area contributed by atoms with Gasteiger partial charge in [-0.15, -0.1) is 6.58 Å². The van der Waals surface area contributed by atoms with Crippen molar-refractivity contribution in [2.24, 2.45) is 0 Å². The molecular formula is C20H26N4O3. The number of hydrogen-bond donors (Lipinski definition) is 1. The number of carbonyl (C=O) groups is 3. The Morgan fingerprint density at radius 2 is 2.07 bits per heavy atom. The van der Waals surface area contributed by atoms with E-state index in [4.69, 9.17) is 0 Å². The van der Waals surface area contributed by atoms with Crippen LogP contribution < -0.4 is 15.1 Å². The predicted molar refractivity (Wildman–Crippen MR) is 105 cm³/mol. The standard InChI is InChI=1S/C20H26N4O3/c1-4-10-21-18(25)13-24-17-12-14(19(26)22(2)3)8-9-15(17)23-11-6-5-7-16(23)20(24)27/h4,8-9,12,16H,1,5-7,10-11,13H2,2-3H3,(H,21,25)/t16-/m0/s1. The first-order valence-corrected chi connectivity index (χ1v) is 9.25. The van der Waals surface area contributed by atoms with Crippen LogP contribution in [0, 0.1) is 0 Å². The Labute approximate surface area is 159 Å². The van der Waals surface area contributed by atoms with Gasteiger partial charge in [-0.25, -0.2) is 0 Å². The first-order valence-electron chi connectivity index (χ1n) is 9.25. The van der Waals surface area contributed by atoms with Crippen LogP contribution in [-0.2, 0) is 9.59 Å². The summed E-state index contributed by atoms with van der Waals surface area (Å²) in [5, 5.41) is 2.72. The SMILES string of the molecule is C=CCNC(=O)CN1C(=O)[C@@H]2CCCCN2c2ccc(C(=O)N(C)C)cc21. The molecule has 0 aromatic heterocycles. The summed E-state index contributed by atoms with van der Waals surface area (Å²) in [6.07, 6.45) is 4.40. The quantitative estimate of drug-likeness (QED) is 0.795. The topological polar surface area (TPSA) is 73.0 Å². The number of nitrogens with zero attached hydrogens (tertiary/aromatic N) is 3. The fraction of sp³-hybridized carbons (Fsp3) is 0.450. The van der Waals surface area contributed by atoms with Crippen molar-refractivity contribution in [3.63, 3.8) is 0 Å². The number of carbonyl (C=O) groups excluding carboxylic acids is 3. The molecule has 0 unspecified atom stereocenters. The molecule has 2 heterocycles. The van der Waals surface area contributed by atoms with Crippen LogP contribution in [0.25, 0.3) is 0 Å². The molecule has 0 radical (unpaired) electrons. The number of piperidine rings is 1. The third-order valence-electron chi connectivity index (χ3n) is 5.03. The molecule has 0 spiro atoms. The highest BCUT2D eigenvalue weighted by Crippen LogP contribution is 2.40. The van der Waals surface area contributed by atoms with Crippen LogP contribution in [-0.4, -0.2) is 62.4 Å². The van der Waals surface area contributed by atoms with Crippen molar-refractivity contribution in [3.8, 4) is 0 Å². The summed E-state index contributed by atoms with van der Waals surface area (Å²) in [7, 11) is 3.38. The van der Waals surface area contributed by atoms with Crippen LogP contribution in [0.15, 0.2) is 30.9 Å². The average Bonchev–Trinajstić information content (AvgIpc) is 2.68. The molecule has 7 nitrogen and oxygen atoms in total. The summed E-state index contributed by atoms with van der Waals surface area (Å²) in [5.74, 6) is -0.463. The lowest BCUT2D eigenvalue weighted by Gasteiger charge is -2.45. The largest absolute Gasteiger partial charge is 0.358 e. The maximum Gasteiger partial charge on any atom is 0.253 e. The van der Waals surface area contributed by atoms with Crippen molar-refractivity contribution in [1.82, 2.24) is 10.2 Å². The molecule has 1 N–H and O–H groups in total. The van der Waals surface area contributed by atoms with Crippen molar-refractivity contribution in [2.75, 3.05) is 43.5 Å². The van der Waals surface area contributed by atoms with Gasteiger partial charge in [0.2, 0.25) is 11.8 Å². The van der Waals surface area contributed by atoms with E-state index in [0.29, 0.717) is 17.8 Å². The summed E-state index contributed by atoms with van der Waals surface area (Å²) in [5.41, 5.74) is 2.03. The number of hydrogen-bond acceptors (Lipinski definition) is 4. The molecule has 1 fully saturated rings. The predicted octanol–water partition coefficient (Wildman–Crippen LogP) is 1.40. The van der Waals surface area contributed by atoms with Crippen LogP contribution in [0.3, 0.4) is 0 Å². The van der Waals surface area contributed by atoms with Gasteiger partial charge >= 0.3 is 0 Å². The third kappa shape index (κ3) is 3.67. The zero-order valence-electron chi connectivity index (χ0n) is 15.9. The highest BCUT2D eigenvalue weighted by molar-refractivity contribution is 6.09. The van der Waals surface area contributed by atoms with Gasteiger partial charge in [0.05, 0.1) is 11.4 Å². The molecule has 1 aromatic carbocycles. The van der Waals surface area contributed by atoms with E-state index in [9.17, 15) is 14.4 Å². The number of anilines is 2. The second kappa shape index (κ2) is 7.82. The number of fused-ring (bicyclic) bond motifs is 3. The van der Waals surface area contributed by atoms with Gasteiger partial charge in [-0.05, 0) is 37.5 Å². The molecule has 3 rings (SSSR count). The lowest BCUT2D eigenvalue weighted by molar-refractivity contribution is -0.124. The monoisotopic (exact) mass is 370 g/mol. The van der Waals surface area contributed by atoms with E-state index in [0.717, 1.165) is 31.5 Å². The fourth-order valence-electron chi connectivity index (χ4n) is 3.70. The minimum Gasteiger partial charge on any atom is -0.358 e. The van der Waals surface area contributed by atoms with Crippen molar-refractivity contribution in [1.29, 1.82) is 0 Å². The molecule has 2 aliphatic heterocycles. The molecule has 7 heteroatoms. The molecule has 1 saturated heterocycles. The maximum atomic E-state index is 13.1. The zero-order valence-corrected chi connectivity index (χ0v) is 15.9. The van der Waals surface area contributed by atoms with Gasteiger partial charge < -0.3 is 15.1 Å². The first kappa shape index (κ1) is 18.9. The Morgan fingerprint density at radius 1 is 1.30 bits per heavy atom. The number of nitrogens with one attached hydrogen (secondary N) is 1. The molecule has 0 saturated carbocycles. The smallest absolute Gasteiger partial charge is 0.253 e. The highest BCUT2D eigenvalue weighted by Gasteiger charge is 2.40. The fourth-order valence-corrected chi connectivity index (χ4v) is 3.70. The Hall–Kier alpha value is -2.83. The van der Waals surface area contributed by atoms with Crippen molar-refractivity contribution in [3.05, 3.63) is 36.4 Å². The van der Waals surface area contributed by atoms with E-state index < -0.39 is 0 Å². The second-order valence-electron chi connectivity index (χ2n) is 7.13. The van der Waals surface area contributed by atoms with Gasteiger partial charge in [0.25, 0.3) is 5.91 Å². The third-order valence-corrected chi connectivity index (χ3v) is 5.03. The maximum absolute atomic E-state index is 13.1. The average molecular weight is 370 g/mol. The molecule has 3 amide bonds. The molecular weight excluding hydrogens is 344 g/mol. The highest BCUT2D eigenvalue weighted by atomic mass is 16.2. The van der Waals surface area contributed by atoms with Crippen LogP contribution in [0.5, 0.6) is 0 Å². The number of rotatable bonds is 5. The second-order valence-corrected chi connectivity index (χ2v) is 7.13. The van der Waals surface area contributed by atoms with Crippen molar-refractivity contribution in [2.45, 2.75) is 25.3 Å². The summed E-state index contributed by atoms with van der Waals surface area (Å²) < 4.78 is 0. The first-order chi connectivity index (χ1) is 12.9. The lowest BCUT2D eigenvalue weighted by Crippen LogP contribution is -2.57. The van der Waals surface area contributed by atoms with E-state index in [2.05, 4.69) is 16.8 Å². The van der Waals surface area contributed by atoms with Crippen molar-refractivity contribution >= 4 is 29.1 Å². The summed E-state index contributed by atoms with van der Waals surface area (Å²) in [4.78, 5) is 42.9. The molecule has 1 aromatic rings. The molecule has 0 aliphatic carbocycles. The van der Waals surface area contributed by atoms with Gasteiger partial charge in [-0.3, -0.25) is 19.3 Å². The van der Waals surface area contributed by atoms with Crippen LogP contribution in [0.4, 0.5) is 11.4 Å². The van der Waals surface area contributed by atoms with E-state index in [-0.39, 0.29) is 30.3 Å². The lowest BCUT2D eigenvalue weighted by atomic mass is 9.95. The van der Waals surface area contributed by atoms with Gasteiger partial charge in [-0.1, -0.05) is 6.08 Å². The van der Waals surface area contributed by atoms with E-state index in [1.54, 1.807) is 32.3 Å². The van der Waals surface area contributed by atoms with Crippen LogP contribution >= 0.6 is 0 Å². The summed E-state index contributed by atoms with van der Waals surface area (Å²) in [6, 6.07) is 5.17. The number of benzene rings is 1. The minimum absolute atomic E-state index is 0.0659. The van der Waals surface area contributed by atoms with Gasteiger partial charge in [0.15, 0.2) is 0 Å². The van der Waals surface area contributed by atoms with Gasteiger partial charge in [-0.2, -0.15) is 0 Å². The van der Waals surface area contributed by atoms with E-state index in [1.165, 1.54) is 9.80 Å². The summed E-state index contributed by atoms with van der Waals surface area (Å²) in [6.45, 7) is 4.68. The van der Waals surface area contributed by atoms with Gasteiger partial charge in [0.1, 0.15) is 12.6 Å². The van der Waals surface area contributed by atoms with Gasteiger partial charge in [0, 0.05) is 32.7 Å². The zero-order chi connectivity index (χ0) is 19.6. The molecule has 1 atom stereocenters. The Kier molecular flexibility index (Phi) is 5.48. The molecule has 0 bridgehead atoms. The van der Waals surface area contributed by atoms with Crippen LogP contribution in [0.2, 0.25) is 0 Å². The van der Waals surface area contributed by atoms with Crippen molar-refractivity contribution < 1.29 is 14.4 Å². The van der Waals surface area contributed by atoms with Crippen LogP contribution in [0.1, 0.15) is 29.6 Å². The summed E-state index contributed by atoms with van der Waals surface area (Å²) >= 11 is 0. The normalized spacial score (nSPS) is 18.4. The molecule has 144 valence electrons. The molecule has 2 aliphatic rings. The Morgan fingerprint density at radius 3 is 2.78 bits per heavy atom. The molecule has 27 heavy (non-hydrogen) atoms. The van der Waals surface area contributed by atoms with E-state index >= 15 is 0 Å². The van der Waals surface area contributed by atoms with E-state index in [1.807, 2.05) is 6.07 Å². The Balaban J connectivity index is 2.00. The Bertz CT molecular complexity index is 774. The minimum atomic E-state index is -0.247.